The van der Waals surface area contributed by atoms with E-state index < -0.39 is 0 Å². The number of benzene rings is 1. The number of halogens is 1. The van der Waals surface area contributed by atoms with Gasteiger partial charge in [-0.15, -0.1) is 0 Å². The van der Waals surface area contributed by atoms with Crippen LogP contribution in [0.4, 0.5) is 0 Å². The number of nitrogens with one attached hydrogen (secondary N) is 3. The van der Waals surface area contributed by atoms with E-state index >= 15 is 0 Å². The van der Waals surface area contributed by atoms with Crippen LogP contribution in [-0.2, 0) is 0 Å². The molecule has 0 heterocycles. The molecule has 24 heavy (non-hydrogen) atoms. The standard InChI is InChI=1S/C18H29ClN4O/c1-3-5-6-9-12-22-18(20-4-2)23-14-13-21-17(24)15-10-7-8-11-16(15)19/h7-8,10-11H,3-6,9,12-14H2,1-2H3,(H,21,24)(H2,20,22,23). The number of guanidine groups is 1. The number of aliphatic imine (C=N–C) groups is 1. The summed E-state index contributed by atoms with van der Waals surface area (Å²) in [6.45, 7) is 6.98. The predicted molar refractivity (Wildman–Crippen MR) is 102 cm³/mol. The van der Waals surface area contributed by atoms with Gasteiger partial charge in [0.25, 0.3) is 5.91 Å². The molecule has 1 aromatic rings. The van der Waals surface area contributed by atoms with Gasteiger partial charge in [-0.2, -0.15) is 0 Å². The van der Waals surface area contributed by atoms with Gasteiger partial charge in [0.2, 0.25) is 0 Å². The zero-order valence-corrected chi connectivity index (χ0v) is 15.5. The molecule has 6 heteroatoms. The molecule has 1 rings (SSSR count). The molecule has 0 saturated carbocycles. The summed E-state index contributed by atoms with van der Waals surface area (Å²) in [7, 11) is 0. The Morgan fingerprint density at radius 2 is 1.79 bits per heavy atom. The maximum absolute atomic E-state index is 12.0. The van der Waals surface area contributed by atoms with E-state index in [1.165, 1.54) is 19.3 Å². The van der Waals surface area contributed by atoms with Crippen LogP contribution < -0.4 is 16.0 Å². The molecular formula is C18H29ClN4O. The highest BCUT2D eigenvalue weighted by Crippen LogP contribution is 2.14. The van der Waals surface area contributed by atoms with E-state index in [4.69, 9.17) is 11.6 Å². The second kappa shape index (κ2) is 12.6. The van der Waals surface area contributed by atoms with E-state index in [1.807, 2.05) is 6.92 Å². The summed E-state index contributed by atoms with van der Waals surface area (Å²) in [6.07, 6.45) is 4.81. The van der Waals surface area contributed by atoms with Crippen LogP contribution in [0.1, 0.15) is 49.9 Å². The molecule has 1 aromatic carbocycles. The number of nitrogens with zero attached hydrogens (tertiary/aromatic N) is 1. The van der Waals surface area contributed by atoms with E-state index in [0.29, 0.717) is 23.7 Å². The van der Waals surface area contributed by atoms with Gasteiger partial charge in [0, 0.05) is 26.2 Å². The fourth-order valence-electron chi connectivity index (χ4n) is 2.17. The van der Waals surface area contributed by atoms with Crippen molar-refractivity contribution in [3.05, 3.63) is 34.9 Å². The zero-order chi connectivity index (χ0) is 17.6. The van der Waals surface area contributed by atoms with Crippen molar-refractivity contribution in [3.8, 4) is 0 Å². The highest BCUT2D eigenvalue weighted by Gasteiger charge is 2.08. The molecule has 0 aromatic heterocycles. The molecule has 0 fully saturated rings. The molecule has 0 unspecified atom stereocenters. The number of carbonyl (C=O) groups excluding carboxylic acids is 1. The number of carbonyl (C=O) groups is 1. The van der Waals surface area contributed by atoms with Crippen molar-refractivity contribution in [1.29, 1.82) is 0 Å². The van der Waals surface area contributed by atoms with Gasteiger partial charge < -0.3 is 16.0 Å². The van der Waals surface area contributed by atoms with Gasteiger partial charge in [-0.25, -0.2) is 0 Å². The summed E-state index contributed by atoms with van der Waals surface area (Å²) >= 11 is 6.01. The molecule has 0 spiro atoms. The minimum absolute atomic E-state index is 0.163. The summed E-state index contributed by atoms with van der Waals surface area (Å²) in [5.74, 6) is 0.630. The lowest BCUT2D eigenvalue weighted by Crippen LogP contribution is -2.41. The van der Waals surface area contributed by atoms with Crippen molar-refractivity contribution in [2.45, 2.75) is 39.5 Å². The van der Waals surface area contributed by atoms with E-state index in [2.05, 4.69) is 27.9 Å². The van der Waals surface area contributed by atoms with E-state index in [9.17, 15) is 4.79 Å². The van der Waals surface area contributed by atoms with Crippen LogP contribution in [0.5, 0.6) is 0 Å². The summed E-state index contributed by atoms with van der Waals surface area (Å²) < 4.78 is 0. The minimum Gasteiger partial charge on any atom is -0.357 e. The third-order valence-electron chi connectivity index (χ3n) is 3.45. The Balaban J connectivity index is 2.30. The normalized spacial score (nSPS) is 11.2. The maximum atomic E-state index is 12.0. The fourth-order valence-corrected chi connectivity index (χ4v) is 2.39. The van der Waals surface area contributed by atoms with Crippen LogP contribution >= 0.6 is 11.6 Å². The Morgan fingerprint density at radius 1 is 1.04 bits per heavy atom. The Morgan fingerprint density at radius 3 is 2.50 bits per heavy atom. The molecule has 3 N–H and O–H groups in total. The molecule has 0 aliphatic rings. The SMILES string of the molecule is CCCCCCN=C(NCC)NCCNC(=O)c1ccccc1Cl. The van der Waals surface area contributed by atoms with Crippen LogP contribution in [0.3, 0.4) is 0 Å². The van der Waals surface area contributed by atoms with Crippen molar-refractivity contribution < 1.29 is 4.79 Å². The first kappa shape index (κ1) is 20.3. The molecule has 0 saturated heterocycles. The Kier molecular flexibility index (Phi) is 10.7. The molecule has 0 radical (unpaired) electrons. The maximum Gasteiger partial charge on any atom is 0.252 e. The average molecular weight is 353 g/mol. The molecular weight excluding hydrogens is 324 g/mol. The first-order chi connectivity index (χ1) is 11.7. The van der Waals surface area contributed by atoms with Gasteiger partial charge in [-0.1, -0.05) is 49.9 Å². The Labute approximate surface area is 150 Å². The summed E-state index contributed by atoms with van der Waals surface area (Å²) in [6, 6.07) is 7.03. The minimum atomic E-state index is -0.163. The largest absolute Gasteiger partial charge is 0.357 e. The number of hydrogen-bond donors (Lipinski definition) is 3. The fraction of sp³-hybridized carbons (Fsp3) is 0.556. The first-order valence-corrected chi connectivity index (χ1v) is 9.11. The van der Waals surface area contributed by atoms with Crippen molar-refractivity contribution in [2.75, 3.05) is 26.2 Å². The monoisotopic (exact) mass is 352 g/mol. The Bertz CT molecular complexity index is 519. The molecule has 0 atom stereocenters. The molecule has 0 aliphatic heterocycles. The third kappa shape index (κ3) is 8.20. The number of hydrogen-bond acceptors (Lipinski definition) is 2. The molecule has 1 amide bonds. The third-order valence-corrected chi connectivity index (χ3v) is 3.78. The first-order valence-electron chi connectivity index (χ1n) is 8.74. The van der Waals surface area contributed by atoms with Gasteiger partial charge in [0.1, 0.15) is 0 Å². The van der Waals surface area contributed by atoms with E-state index in [1.54, 1.807) is 24.3 Å². The highest BCUT2D eigenvalue weighted by atomic mass is 35.5. The van der Waals surface area contributed by atoms with E-state index in [0.717, 1.165) is 25.5 Å². The average Bonchev–Trinajstić information content (AvgIpc) is 2.58. The van der Waals surface area contributed by atoms with Gasteiger partial charge in [-0.3, -0.25) is 9.79 Å². The second-order valence-corrected chi connectivity index (χ2v) is 5.89. The highest BCUT2D eigenvalue weighted by molar-refractivity contribution is 6.33. The number of unbranched alkanes of at least 4 members (excludes halogenated alkanes) is 3. The van der Waals surface area contributed by atoms with Crippen molar-refractivity contribution >= 4 is 23.5 Å². The van der Waals surface area contributed by atoms with Gasteiger partial charge >= 0.3 is 0 Å². The van der Waals surface area contributed by atoms with Crippen molar-refractivity contribution in [2.24, 2.45) is 4.99 Å². The number of rotatable bonds is 10. The lowest BCUT2D eigenvalue weighted by molar-refractivity contribution is 0.0954. The Hall–Kier alpha value is -1.75. The molecule has 134 valence electrons. The summed E-state index contributed by atoms with van der Waals surface area (Å²) in [5.41, 5.74) is 0.496. The van der Waals surface area contributed by atoms with Crippen molar-refractivity contribution in [3.63, 3.8) is 0 Å². The van der Waals surface area contributed by atoms with Gasteiger partial charge in [0.05, 0.1) is 10.6 Å². The van der Waals surface area contributed by atoms with Crippen LogP contribution in [0.25, 0.3) is 0 Å². The molecule has 0 aliphatic carbocycles. The van der Waals surface area contributed by atoms with Crippen molar-refractivity contribution in [1.82, 2.24) is 16.0 Å². The van der Waals surface area contributed by atoms with Crippen LogP contribution in [0.2, 0.25) is 5.02 Å². The smallest absolute Gasteiger partial charge is 0.252 e. The van der Waals surface area contributed by atoms with Gasteiger partial charge in [-0.05, 0) is 25.5 Å². The summed E-state index contributed by atoms with van der Waals surface area (Å²) in [5, 5.41) is 9.75. The predicted octanol–water partition coefficient (Wildman–Crippen LogP) is 3.21. The zero-order valence-electron chi connectivity index (χ0n) is 14.7. The lowest BCUT2D eigenvalue weighted by Gasteiger charge is -2.12. The van der Waals surface area contributed by atoms with Crippen LogP contribution in [0, 0.1) is 0 Å². The molecule has 5 nitrogen and oxygen atoms in total. The molecule has 0 bridgehead atoms. The lowest BCUT2D eigenvalue weighted by atomic mass is 10.2. The van der Waals surface area contributed by atoms with Gasteiger partial charge in [0.15, 0.2) is 5.96 Å². The van der Waals surface area contributed by atoms with Crippen LogP contribution in [-0.4, -0.2) is 38.0 Å². The van der Waals surface area contributed by atoms with E-state index in [-0.39, 0.29) is 5.91 Å². The second-order valence-electron chi connectivity index (χ2n) is 5.48. The topological polar surface area (TPSA) is 65.5 Å². The number of amides is 1. The quantitative estimate of drug-likeness (QED) is 0.344. The van der Waals surface area contributed by atoms with Crippen LogP contribution in [0.15, 0.2) is 29.3 Å². The summed E-state index contributed by atoms with van der Waals surface area (Å²) in [4.78, 5) is 16.6.